The lowest BCUT2D eigenvalue weighted by atomic mass is 10.2. The average molecular weight is 505 g/mol. The molecule has 5 nitrogen and oxygen atoms in total. The fourth-order valence-corrected chi connectivity index (χ4v) is 4.29. The summed E-state index contributed by atoms with van der Waals surface area (Å²) in [5.41, 5.74) is 2.43. The summed E-state index contributed by atoms with van der Waals surface area (Å²) < 4.78 is 19.6. The third-order valence-electron chi connectivity index (χ3n) is 4.32. The molecule has 3 aromatic rings. The number of hydrogen-bond donors (Lipinski definition) is 2. The second-order valence-corrected chi connectivity index (χ2v) is 9.28. The molecule has 2 aromatic carbocycles. The van der Waals surface area contributed by atoms with Crippen LogP contribution in [0.25, 0.3) is 21.8 Å². The summed E-state index contributed by atoms with van der Waals surface area (Å²) in [5.74, 6) is 0. The van der Waals surface area contributed by atoms with Gasteiger partial charge in [0.1, 0.15) is 0 Å². The van der Waals surface area contributed by atoms with Gasteiger partial charge in [-0.2, -0.15) is 0 Å². The number of phosphoric ester groups is 1. The Morgan fingerprint density at radius 1 is 0.885 bits per heavy atom. The number of unbranched alkanes of at least 4 members (excludes halogenated alkanes) is 3. The number of fused-ring (bicyclic) bond motifs is 3. The van der Waals surface area contributed by atoms with Crippen LogP contribution in [0.4, 0.5) is 0 Å². The van der Waals surface area contributed by atoms with E-state index in [2.05, 4.69) is 77.3 Å². The molecule has 0 aliphatic heterocycles. The highest BCUT2D eigenvalue weighted by Gasteiger charge is 2.13. The Kier molecular flexibility index (Phi) is 6.59. The summed E-state index contributed by atoms with van der Waals surface area (Å²) >= 11 is 7.12. The van der Waals surface area contributed by atoms with Crippen LogP contribution in [0.1, 0.15) is 25.7 Å². The zero-order chi connectivity index (χ0) is 18.7. The molecule has 8 heteroatoms. The van der Waals surface area contributed by atoms with Gasteiger partial charge in [0.15, 0.2) is 0 Å². The molecule has 0 aliphatic rings. The van der Waals surface area contributed by atoms with Gasteiger partial charge in [-0.05, 0) is 49.2 Å². The molecule has 0 unspecified atom stereocenters. The first-order chi connectivity index (χ1) is 12.3. The molecule has 26 heavy (non-hydrogen) atoms. The monoisotopic (exact) mass is 503 g/mol. The molecule has 140 valence electrons. The van der Waals surface area contributed by atoms with Crippen LogP contribution in [0, 0.1) is 0 Å². The van der Waals surface area contributed by atoms with Gasteiger partial charge in [0.05, 0.1) is 6.61 Å². The number of phosphoric acid groups is 1. The third-order valence-corrected chi connectivity index (χ3v) is 5.83. The van der Waals surface area contributed by atoms with Gasteiger partial charge in [0.2, 0.25) is 0 Å². The minimum atomic E-state index is -4.34. The van der Waals surface area contributed by atoms with Crippen molar-refractivity contribution in [3.63, 3.8) is 0 Å². The maximum atomic E-state index is 10.6. The van der Waals surface area contributed by atoms with Crippen LogP contribution in [-0.2, 0) is 15.6 Å². The van der Waals surface area contributed by atoms with E-state index in [-0.39, 0.29) is 6.61 Å². The summed E-state index contributed by atoms with van der Waals surface area (Å²) in [6.07, 6.45) is 3.52. The quantitative estimate of drug-likeness (QED) is 0.292. The summed E-state index contributed by atoms with van der Waals surface area (Å²) in [5, 5.41) is 2.46. The molecule has 0 aliphatic carbocycles. The molecule has 0 atom stereocenters. The van der Waals surface area contributed by atoms with Gasteiger partial charge in [-0.3, -0.25) is 4.52 Å². The molecular weight excluding hydrogens is 485 g/mol. The van der Waals surface area contributed by atoms with E-state index in [0.29, 0.717) is 6.42 Å². The van der Waals surface area contributed by atoms with Gasteiger partial charge >= 0.3 is 7.82 Å². The van der Waals surface area contributed by atoms with Gasteiger partial charge in [0.25, 0.3) is 0 Å². The Morgan fingerprint density at radius 2 is 1.42 bits per heavy atom. The number of rotatable bonds is 8. The van der Waals surface area contributed by atoms with Crippen LogP contribution < -0.4 is 0 Å². The van der Waals surface area contributed by atoms with Gasteiger partial charge < -0.3 is 14.4 Å². The first-order valence-electron chi connectivity index (χ1n) is 8.42. The molecule has 0 saturated carbocycles. The SMILES string of the molecule is O=P(O)(O)OCCCCCCn1c2ccc(Br)cc2c2cc(Br)ccc21. The largest absolute Gasteiger partial charge is 0.469 e. The van der Waals surface area contributed by atoms with E-state index in [1.165, 1.54) is 21.8 Å². The Bertz CT molecular complexity index is 907. The minimum absolute atomic E-state index is 0.0989. The van der Waals surface area contributed by atoms with E-state index < -0.39 is 7.82 Å². The predicted octanol–water partition coefficient (Wildman–Crippen LogP) is 5.99. The molecular formula is C18H20Br2NO4P. The van der Waals surface area contributed by atoms with Crippen LogP contribution in [0.2, 0.25) is 0 Å². The zero-order valence-corrected chi connectivity index (χ0v) is 18.1. The summed E-state index contributed by atoms with van der Waals surface area (Å²) in [7, 11) is -4.34. The smallest absolute Gasteiger partial charge is 0.340 e. The summed E-state index contributed by atoms with van der Waals surface area (Å²) in [6, 6.07) is 12.7. The van der Waals surface area contributed by atoms with Gasteiger partial charge in [-0.15, -0.1) is 0 Å². The highest BCUT2D eigenvalue weighted by Crippen LogP contribution is 2.36. The van der Waals surface area contributed by atoms with Crippen molar-refractivity contribution >= 4 is 61.5 Å². The third kappa shape index (κ3) is 4.97. The summed E-state index contributed by atoms with van der Waals surface area (Å²) in [6.45, 7) is 1.00. The van der Waals surface area contributed by atoms with Crippen LogP contribution >= 0.6 is 39.7 Å². The lowest BCUT2D eigenvalue weighted by Crippen LogP contribution is -1.98. The van der Waals surface area contributed by atoms with Crippen molar-refractivity contribution in [2.45, 2.75) is 32.2 Å². The number of hydrogen-bond acceptors (Lipinski definition) is 2. The highest BCUT2D eigenvalue weighted by atomic mass is 79.9. The van der Waals surface area contributed by atoms with Crippen molar-refractivity contribution in [1.82, 2.24) is 4.57 Å². The van der Waals surface area contributed by atoms with Crippen LogP contribution in [0.15, 0.2) is 45.3 Å². The lowest BCUT2D eigenvalue weighted by molar-refractivity contribution is 0.193. The molecule has 0 spiro atoms. The Labute approximate surface area is 168 Å². The van der Waals surface area contributed by atoms with Crippen molar-refractivity contribution < 1.29 is 18.9 Å². The molecule has 2 N–H and O–H groups in total. The molecule has 1 aromatic heterocycles. The van der Waals surface area contributed by atoms with Gasteiger partial charge in [0, 0.05) is 37.3 Å². The van der Waals surface area contributed by atoms with Crippen LogP contribution in [0.5, 0.6) is 0 Å². The van der Waals surface area contributed by atoms with Crippen molar-refractivity contribution in [3.05, 3.63) is 45.3 Å². The molecule has 3 rings (SSSR count). The van der Waals surface area contributed by atoms with E-state index in [4.69, 9.17) is 9.79 Å². The fraction of sp³-hybridized carbons (Fsp3) is 0.333. The normalized spacial score (nSPS) is 12.3. The van der Waals surface area contributed by atoms with Gasteiger partial charge in [-0.1, -0.05) is 44.7 Å². The van der Waals surface area contributed by atoms with E-state index in [9.17, 15) is 4.57 Å². The van der Waals surface area contributed by atoms with E-state index in [1.807, 2.05) is 0 Å². The topological polar surface area (TPSA) is 71.7 Å². The number of aryl methyl sites for hydroxylation is 1. The Morgan fingerprint density at radius 3 is 1.96 bits per heavy atom. The second kappa shape index (κ2) is 8.55. The zero-order valence-electron chi connectivity index (χ0n) is 14.1. The number of halogens is 2. The minimum Gasteiger partial charge on any atom is -0.340 e. The maximum Gasteiger partial charge on any atom is 0.469 e. The summed E-state index contributed by atoms with van der Waals surface area (Å²) in [4.78, 5) is 17.3. The molecule has 0 saturated heterocycles. The standard InChI is InChI=1S/C18H20Br2NO4P/c19-13-5-7-17-15(11-13)16-12-14(20)6-8-18(16)21(17)9-3-1-2-4-10-25-26(22,23)24/h5-8,11-12H,1-4,9-10H2,(H2,22,23,24). The number of nitrogens with zero attached hydrogens (tertiary/aromatic N) is 1. The molecule has 0 fully saturated rings. The van der Waals surface area contributed by atoms with Crippen molar-refractivity contribution in [2.75, 3.05) is 6.61 Å². The number of benzene rings is 2. The Hall–Kier alpha value is -0.690. The first-order valence-corrected chi connectivity index (χ1v) is 11.5. The van der Waals surface area contributed by atoms with Crippen LogP contribution in [0.3, 0.4) is 0 Å². The fourth-order valence-electron chi connectivity index (χ4n) is 3.20. The molecule has 0 radical (unpaired) electrons. The second-order valence-electron chi connectivity index (χ2n) is 6.21. The lowest BCUT2D eigenvalue weighted by Gasteiger charge is -2.08. The maximum absolute atomic E-state index is 10.6. The molecule has 0 amide bonds. The first kappa shape index (κ1) is 20.1. The molecule has 0 bridgehead atoms. The van der Waals surface area contributed by atoms with Crippen molar-refractivity contribution in [1.29, 1.82) is 0 Å². The van der Waals surface area contributed by atoms with Crippen molar-refractivity contribution in [2.24, 2.45) is 0 Å². The van der Waals surface area contributed by atoms with Crippen molar-refractivity contribution in [3.8, 4) is 0 Å². The average Bonchev–Trinajstić information content (AvgIpc) is 2.85. The number of aromatic nitrogens is 1. The van der Waals surface area contributed by atoms with E-state index >= 15 is 0 Å². The van der Waals surface area contributed by atoms with Gasteiger partial charge in [-0.25, -0.2) is 4.57 Å². The van der Waals surface area contributed by atoms with E-state index in [1.54, 1.807) is 0 Å². The van der Waals surface area contributed by atoms with E-state index in [0.717, 1.165) is 34.8 Å². The van der Waals surface area contributed by atoms with Crippen LogP contribution in [-0.4, -0.2) is 21.0 Å². The predicted molar refractivity (Wildman–Crippen MR) is 111 cm³/mol. The highest BCUT2D eigenvalue weighted by molar-refractivity contribution is 9.10. The molecule has 1 heterocycles. The Balaban J connectivity index is 1.68.